The molecule has 0 bridgehead atoms. The highest BCUT2D eigenvalue weighted by molar-refractivity contribution is 6.22. The molecule has 4 atom stereocenters. The Kier molecular flexibility index (Phi) is 9.35. The van der Waals surface area contributed by atoms with Crippen molar-refractivity contribution in [2.24, 2.45) is 17.8 Å². The van der Waals surface area contributed by atoms with Crippen molar-refractivity contribution >= 4 is 51.3 Å². The molecule has 50 heavy (non-hydrogen) atoms. The lowest BCUT2D eigenvalue weighted by atomic mass is 9.68. The first-order chi connectivity index (χ1) is 24.3. The molecule has 0 saturated carbocycles. The maximum absolute atomic E-state index is 14.0. The third kappa shape index (κ3) is 6.33. The number of carbonyl (C=O) groups excluding carboxylic acids is 2. The molecule has 0 aromatic heterocycles. The van der Waals surface area contributed by atoms with Crippen molar-refractivity contribution in [3.05, 3.63) is 144 Å². The van der Waals surface area contributed by atoms with Crippen LogP contribution >= 0.6 is 0 Å². The predicted octanol–water partition coefficient (Wildman–Crippen LogP) is 8.11. The third-order valence-electron chi connectivity index (χ3n) is 10.2. The topological polar surface area (TPSA) is 110 Å². The van der Waals surface area contributed by atoms with E-state index in [0.717, 1.165) is 44.4 Å². The number of hydrogen-bond acceptors (Lipinski definition) is 6. The molecular weight excluding hydrogens is 624 g/mol. The Labute approximate surface area is 291 Å². The highest BCUT2D eigenvalue weighted by Gasteiger charge is 2.54. The fourth-order valence-corrected chi connectivity index (χ4v) is 7.77. The molecule has 5 aromatic rings. The van der Waals surface area contributed by atoms with Crippen LogP contribution in [0.25, 0.3) is 22.4 Å². The number of nitrogens with one attached hydrogen (secondary N) is 1. The fraction of sp³-hybridized carbons (Fsp3) is 0.209. The van der Waals surface area contributed by atoms with Crippen LogP contribution in [0.3, 0.4) is 0 Å². The SMILES string of the molecule is CC1=C([C@H](O)CC/C(=C/c2ccc(O)c3ccccc23)c2ccccc2)[C@H](CO)[C@@H]2C(=O)N(c3ccc(Nc4ccccc4)cc3)C(=O)[C@@H]2C1. The van der Waals surface area contributed by atoms with Crippen molar-refractivity contribution in [3.8, 4) is 5.75 Å². The molecule has 7 nitrogen and oxygen atoms in total. The van der Waals surface area contributed by atoms with Crippen LogP contribution in [0.1, 0.15) is 37.3 Å². The molecule has 4 N–H and O–H groups in total. The smallest absolute Gasteiger partial charge is 0.238 e. The molecule has 1 fully saturated rings. The summed E-state index contributed by atoms with van der Waals surface area (Å²) in [5.41, 5.74) is 6.73. The summed E-state index contributed by atoms with van der Waals surface area (Å²) in [7, 11) is 0. The zero-order valence-electron chi connectivity index (χ0n) is 27.9. The fourth-order valence-electron chi connectivity index (χ4n) is 7.77. The summed E-state index contributed by atoms with van der Waals surface area (Å²) in [5.74, 6) is -2.42. The van der Waals surface area contributed by atoms with Crippen molar-refractivity contribution in [3.63, 3.8) is 0 Å². The Morgan fingerprint density at radius 1 is 0.820 bits per heavy atom. The number of fused-ring (bicyclic) bond motifs is 2. The van der Waals surface area contributed by atoms with Gasteiger partial charge in [-0.25, -0.2) is 0 Å². The van der Waals surface area contributed by atoms with E-state index in [-0.39, 0.29) is 24.2 Å². The normalized spacial score (nSPS) is 19.9. The number of hydrogen-bond donors (Lipinski definition) is 4. The minimum atomic E-state index is -0.919. The zero-order chi connectivity index (χ0) is 34.8. The maximum atomic E-state index is 14.0. The Morgan fingerprint density at radius 2 is 1.46 bits per heavy atom. The molecule has 7 rings (SSSR count). The van der Waals surface area contributed by atoms with Crippen LogP contribution in [0, 0.1) is 17.8 Å². The van der Waals surface area contributed by atoms with E-state index in [9.17, 15) is 24.9 Å². The van der Waals surface area contributed by atoms with Gasteiger partial charge < -0.3 is 20.6 Å². The lowest BCUT2D eigenvalue weighted by Gasteiger charge is -2.35. The summed E-state index contributed by atoms with van der Waals surface area (Å²) >= 11 is 0. The molecule has 5 aromatic carbocycles. The van der Waals surface area contributed by atoms with Gasteiger partial charge in [0.1, 0.15) is 5.75 Å². The van der Waals surface area contributed by atoms with E-state index in [0.29, 0.717) is 30.5 Å². The number of carbonyl (C=O) groups is 2. The number of rotatable bonds is 10. The predicted molar refractivity (Wildman–Crippen MR) is 199 cm³/mol. The number of anilines is 3. The molecule has 2 amide bonds. The van der Waals surface area contributed by atoms with Crippen LogP contribution in [-0.4, -0.2) is 39.8 Å². The lowest BCUT2D eigenvalue weighted by molar-refractivity contribution is -0.123. The van der Waals surface area contributed by atoms with Crippen LogP contribution < -0.4 is 10.2 Å². The standard InChI is InChI=1S/C43H40N2O5/c1-27-24-36-41(43(50)45(42(36)49)33-20-18-32(19-21-33)44-31-12-6-3-7-13-31)37(26-46)40(27)39(48)23-16-29(28-10-4-2-5-11-28)25-30-17-22-38(47)35-15-9-8-14-34(30)35/h2-15,17-22,25,36-37,39,41,44,46-48H,16,23-24,26H2,1H3/b29-25-/t36-,37+,39-,41-/m1/s1. The van der Waals surface area contributed by atoms with E-state index in [1.165, 1.54) is 4.90 Å². The Bertz CT molecular complexity index is 2090. The number of imide groups is 1. The summed E-state index contributed by atoms with van der Waals surface area (Å²) < 4.78 is 0. The highest BCUT2D eigenvalue weighted by atomic mass is 16.3. The first kappa shape index (κ1) is 33.0. The molecular formula is C43H40N2O5. The van der Waals surface area contributed by atoms with Crippen LogP contribution in [0.2, 0.25) is 0 Å². The van der Waals surface area contributed by atoms with Gasteiger partial charge in [-0.2, -0.15) is 0 Å². The summed E-state index contributed by atoms with van der Waals surface area (Å²) in [5, 5.41) is 38.0. The van der Waals surface area contributed by atoms with Gasteiger partial charge in [-0.1, -0.05) is 90.5 Å². The van der Waals surface area contributed by atoms with Gasteiger partial charge in [0.05, 0.1) is 30.2 Å². The van der Waals surface area contributed by atoms with Crippen molar-refractivity contribution in [1.82, 2.24) is 0 Å². The van der Waals surface area contributed by atoms with Crippen LogP contribution in [0.15, 0.2) is 132 Å². The van der Waals surface area contributed by atoms with Crippen LogP contribution in [-0.2, 0) is 9.59 Å². The summed E-state index contributed by atoms with van der Waals surface area (Å²) in [4.78, 5) is 29.0. The van der Waals surface area contributed by atoms with E-state index >= 15 is 0 Å². The molecule has 2 aliphatic rings. The van der Waals surface area contributed by atoms with Crippen molar-refractivity contribution < 1.29 is 24.9 Å². The third-order valence-corrected chi connectivity index (χ3v) is 10.2. The summed E-state index contributed by atoms with van der Waals surface area (Å²) in [6.45, 7) is 1.55. The van der Waals surface area contributed by atoms with Gasteiger partial charge in [0.15, 0.2) is 0 Å². The molecule has 1 aliphatic carbocycles. The number of phenols is 1. The number of allylic oxidation sites excluding steroid dienone is 2. The Hall–Kier alpha value is -5.50. The molecule has 0 radical (unpaired) electrons. The van der Waals surface area contributed by atoms with E-state index < -0.39 is 23.9 Å². The first-order valence-electron chi connectivity index (χ1n) is 17.1. The minimum absolute atomic E-state index is 0.220. The van der Waals surface area contributed by atoms with Gasteiger partial charge in [0.2, 0.25) is 11.8 Å². The average molecular weight is 665 g/mol. The van der Waals surface area contributed by atoms with E-state index in [1.807, 2.05) is 110 Å². The zero-order valence-corrected chi connectivity index (χ0v) is 27.9. The quantitative estimate of drug-likeness (QED) is 0.0683. The van der Waals surface area contributed by atoms with E-state index in [4.69, 9.17) is 0 Å². The van der Waals surface area contributed by atoms with Crippen LogP contribution in [0.5, 0.6) is 5.75 Å². The van der Waals surface area contributed by atoms with Gasteiger partial charge in [0, 0.05) is 22.7 Å². The van der Waals surface area contributed by atoms with Gasteiger partial charge >= 0.3 is 0 Å². The Balaban J connectivity index is 1.12. The second-order valence-electron chi connectivity index (χ2n) is 13.2. The van der Waals surface area contributed by atoms with Crippen molar-refractivity contribution in [2.45, 2.75) is 32.3 Å². The minimum Gasteiger partial charge on any atom is -0.507 e. The monoisotopic (exact) mass is 664 g/mol. The second kappa shape index (κ2) is 14.2. The highest BCUT2D eigenvalue weighted by Crippen LogP contribution is 2.47. The molecule has 0 unspecified atom stereocenters. The van der Waals surface area contributed by atoms with Crippen LogP contribution in [0.4, 0.5) is 17.1 Å². The molecule has 1 heterocycles. The first-order valence-corrected chi connectivity index (χ1v) is 17.1. The average Bonchev–Trinajstić information content (AvgIpc) is 3.39. The summed E-state index contributed by atoms with van der Waals surface area (Å²) in [6, 6.07) is 38.2. The van der Waals surface area contributed by atoms with Gasteiger partial charge in [-0.05, 0) is 96.3 Å². The number of aliphatic hydroxyl groups is 2. The molecule has 1 aliphatic heterocycles. The number of aliphatic hydroxyl groups excluding tert-OH is 2. The van der Waals surface area contributed by atoms with E-state index in [2.05, 4.69) is 11.4 Å². The number of nitrogens with zero attached hydrogens (tertiary/aromatic N) is 1. The van der Waals surface area contributed by atoms with Crippen molar-refractivity contribution in [2.75, 3.05) is 16.8 Å². The largest absolute Gasteiger partial charge is 0.507 e. The number of para-hydroxylation sites is 1. The summed E-state index contributed by atoms with van der Waals surface area (Å²) in [6.07, 6.45) is 2.41. The Morgan fingerprint density at radius 3 is 2.16 bits per heavy atom. The molecule has 0 spiro atoms. The molecule has 252 valence electrons. The van der Waals surface area contributed by atoms with Gasteiger partial charge in [-0.15, -0.1) is 0 Å². The van der Waals surface area contributed by atoms with E-state index in [1.54, 1.807) is 18.2 Å². The molecule has 7 heteroatoms. The number of benzene rings is 5. The van der Waals surface area contributed by atoms with Gasteiger partial charge in [0.25, 0.3) is 0 Å². The lowest BCUT2D eigenvalue weighted by Crippen LogP contribution is -2.38. The number of phenolic OH excluding ortho intramolecular Hbond substituents is 1. The van der Waals surface area contributed by atoms with Crippen molar-refractivity contribution in [1.29, 1.82) is 0 Å². The molecule has 1 saturated heterocycles. The number of amides is 2. The number of aromatic hydroxyl groups is 1. The maximum Gasteiger partial charge on any atom is 0.238 e. The van der Waals surface area contributed by atoms with Gasteiger partial charge in [-0.3, -0.25) is 14.5 Å². The second-order valence-corrected chi connectivity index (χ2v) is 13.2.